The van der Waals surface area contributed by atoms with Crippen molar-refractivity contribution < 1.29 is 18.7 Å². The molecule has 0 aliphatic carbocycles. The molecule has 2 heterocycles. The zero-order valence-corrected chi connectivity index (χ0v) is 18.7. The molecule has 8 heteroatoms. The summed E-state index contributed by atoms with van der Waals surface area (Å²) in [5.41, 5.74) is 2.79. The van der Waals surface area contributed by atoms with Crippen LogP contribution in [-0.2, 0) is 16.1 Å². The van der Waals surface area contributed by atoms with Gasteiger partial charge in [0, 0.05) is 45.0 Å². The molecule has 2 N–H and O–H groups in total. The zero-order chi connectivity index (χ0) is 23.2. The predicted octanol–water partition coefficient (Wildman–Crippen LogP) is 2.81. The van der Waals surface area contributed by atoms with E-state index in [1.807, 2.05) is 18.2 Å². The summed E-state index contributed by atoms with van der Waals surface area (Å²) in [6.45, 7) is 6.71. The maximum Gasteiger partial charge on any atom is 0.338 e. The van der Waals surface area contributed by atoms with Crippen molar-refractivity contribution >= 4 is 12.0 Å². The maximum absolute atomic E-state index is 13.4. The summed E-state index contributed by atoms with van der Waals surface area (Å²) in [5, 5.41) is 5.60. The lowest BCUT2D eigenvalue weighted by Crippen LogP contribution is -2.51. The molecule has 2 aliphatic heterocycles. The van der Waals surface area contributed by atoms with Gasteiger partial charge in [0.05, 0.1) is 18.2 Å². The molecule has 2 aromatic rings. The molecule has 0 aromatic heterocycles. The third-order valence-electron chi connectivity index (χ3n) is 5.95. The van der Waals surface area contributed by atoms with E-state index in [9.17, 15) is 14.0 Å². The number of urea groups is 1. The number of carbonyl (C=O) groups excluding carboxylic acids is 2. The summed E-state index contributed by atoms with van der Waals surface area (Å²) in [6, 6.07) is 15.1. The van der Waals surface area contributed by atoms with E-state index in [-0.39, 0.29) is 12.4 Å². The van der Waals surface area contributed by atoms with Crippen molar-refractivity contribution in [2.75, 3.05) is 39.3 Å². The number of piperazine rings is 1. The predicted molar refractivity (Wildman–Crippen MR) is 123 cm³/mol. The van der Waals surface area contributed by atoms with E-state index < -0.39 is 18.0 Å². The average molecular weight is 453 g/mol. The number of benzene rings is 2. The smallest absolute Gasteiger partial charge is 0.338 e. The van der Waals surface area contributed by atoms with Gasteiger partial charge >= 0.3 is 12.0 Å². The SMILES string of the molecule is CCOC(=O)C1=C(CN2CCN(Cc3ccccc3)CC2)NC(=O)NC1c1ccc(F)cc1. The van der Waals surface area contributed by atoms with Crippen LogP contribution in [0.15, 0.2) is 65.9 Å². The van der Waals surface area contributed by atoms with Gasteiger partial charge in [0.25, 0.3) is 0 Å². The molecule has 1 atom stereocenters. The largest absolute Gasteiger partial charge is 0.463 e. The summed E-state index contributed by atoms with van der Waals surface area (Å²) < 4.78 is 18.8. The minimum absolute atomic E-state index is 0.220. The van der Waals surface area contributed by atoms with Gasteiger partial charge < -0.3 is 15.4 Å². The Morgan fingerprint density at radius 1 is 1.00 bits per heavy atom. The van der Waals surface area contributed by atoms with Crippen molar-refractivity contribution in [3.05, 3.63) is 82.8 Å². The van der Waals surface area contributed by atoms with Crippen LogP contribution in [0.1, 0.15) is 24.1 Å². The van der Waals surface area contributed by atoms with E-state index in [1.165, 1.54) is 17.7 Å². The summed E-state index contributed by atoms with van der Waals surface area (Å²) in [5.74, 6) is -0.869. The normalized spacial score (nSPS) is 19.7. The first-order chi connectivity index (χ1) is 16.0. The van der Waals surface area contributed by atoms with Crippen LogP contribution in [0.2, 0.25) is 0 Å². The van der Waals surface area contributed by atoms with Crippen molar-refractivity contribution in [1.29, 1.82) is 0 Å². The Kier molecular flexibility index (Phi) is 7.36. The Balaban J connectivity index is 1.50. The van der Waals surface area contributed by atoms with Crippen molar-refractivity contribution in [3.8, 4) is 0 Å². The van der Waals surface area contributed by atoms with Crippen LogP contribution in [0.4, 0.5) is 9.18 Å². The van der Waals surface area contributed by atoms with Crippen LogP contribution in [-0.4, -0.2) is 61.1 Å². The lowest BCUT2D eigenvalue weighted by Gasteiger charge is -2.37. The number of rotatable bonds is 7. The van der Waals surface area contributed by atoms with Gasteiger partial charge in [-0.2, -0.15) is 0 Å². The first kappa shape index (κ1) is 22.9. The number of hydrogen-bond acceptors (Lipinski definition) is 5. The van der Waals surface area contributed by atoms with Gasteiger partial charge in [-0.05, 0) is 30.2 Å². The molecule has 7 nitrogen and oxygen atoms in total. The molecule has 1 unspecified atom stereocenters. The van der Waals surface area contributed by atoms with E-state index >= 15 is 0 Å². The van der Waals surface area contributed by atoms with Gasteiger partial charge in [0.15, 0.2) is 0 Å². The third kappa shape index (κ3) is 5.77. The van der Waals surface area contributed by atoms with E-state index in [0.717, 1.165) is 32.7 Å². The van der Waals surface area contributed by atoms with Crippen LogP contribution >= 0.6 is 0 Å². The molecule has 1 fully saturated rings. The van der Waals surface area contributed by atoms with Crippen molar-refractivity contribution in [2.24, 2.45) is 0 Å². The molecule has 0 spiro atoms. The van der Waals surface area contributed by atoms with Gasteiger partial charge in [-0.25, -0.2) is 14.0 Å². The highest BCUT2D eigenvalue weighted by atomic mass is 19.1. The lowest BCUT2D eigenvalue weighted by atomic mass is 9.95. The molecular weight excluding hydrogens is 423 g/mol. The van der Waals surface area contributed by atoms with Gasteiger partial charge in [0.1, 0.15) is 5.82 Å². The first-order valence-electron chi connectivity index (χ1n) is 11.2. The van der Waals surface area contributed by atoms with Crippen LogP contribution in [0.25, 0.3) is 0 Å². The molecule has 174 valence electrons. The highest BCUT2D eigenvalue weighted by Gasteiger charge is 2.34. The van der Waals surface area contributed by atoms with E-state index in [1.54, 1.807) is 19.1 Å². The molecule has 0 bridgehead atoms. The van der Waals surface area contributed by atoms with Crippen LogP contribution < -0.4 is 10.6 Å². The quantitative estimate of drug-likeness (QED) is 0.632. The minimum Gasteiger partial charge on any atom is -0.463 e. The summed E-state index contributed by atoms with van der Waals surface area (Å²) in [7, 11) is 0. The molecule has 4 rings (SSSR count). The summed E-state index contributed by atoms with van der Waals surface area (Å²) in [6.07, 6.45) is 0. The van der Waals surface area contributed by atoms with Crippen molar-refractivity contribution in [1.82, 2.24) is 20.4 Å². The van der Waals surface area contributed by atoms with Gasteiger partial charge in [-0.15, -0.1) is 0 Å². The Hall–Kier alpha value is -3.23. The number of esters is 1. The monoisotopic (exact) mass is 452 g/mol. The second-order valence-corrected chi connectivity index (χ2v) is 8.23. The van der Waals surface area contributed by atoms with E-state index in [2.05, 4.69) is 32.6 Å². The second-order valence-electron chi connectivity index (χ2n) is 8.23. The first-order valence-corrected chi connectivity index (χ1v) is 11.2. The topological polar surface area (TPSA) is 73.9 Å². The summed E-state index contributed by atoms with van der Waals surface area (Å²) in [4.78, 5) is 30.0. The fraction of sp³-hybridized carbons (Fsp3) is 0.360. The fourth-order valence-electron chi connectivity index (χ4n) is 4.27. The minimum atomic E-state index is -0.701. The zero-order valence-electron chi connectivity index (χ0n) is 18.7. The molecule has 1 saturated heterocycles. The molecular formula is C25H29FN4O3. The molecule has 2 amide bonds. The molecule has 2 aliphatic rings. The number of hydrogen-bond donors (Lipinski definition) is 2. The van der Waals surface area contributed by atoms with E-state index in [0.29, 0.717) is 23.4 Å². The number of nitrogens with zero attached hydrogens (tertiary/aromatic N) is 2. The Morgan fingerprint density at radius 2 is 1.64 bits per heavy atom. The Morgan fingerprint density at radius 3 is 2.27 bits per heavy atom. The van der Waals surface area contributed by atoms with Crippen molar-refractivity contribution in [3.63, 3.8) is 0 Å². The van der Waals surface area contributed by atoms with E-state index in [4.69, 9.17) is 4.74 Å². The third-order valence-corrected chi connectivity index (χ3v) is 5.95. The lowest BCUT2D eigenvalue weighted by molar-refractivity contribution is -0.139. The fourth-order valence-corrected chi connectivity index (χ4v) is 4.27. The molecule has 2 aromatic carbocycles. The highest BCUT2D eigenvalue weighted by Crippen LogP contribution is 2.28. The maximum atomic E-state index is 13.4. The van der Waals surface area contributed by atoms with Gasteiger partial charge in [0.2, 0.25) is 0 Å². The molecule has 0 radical (unpaired) electrons. The Bertz CT molecular complexity index is 1000. The van der Waals surface area contributed by atoms with Crippen LogP contribution in [0, 0.1) is 5.82 Å². The number of amides is 2. The highest BCUT2D eigenvalue weighted by molar-refractivity contribution is 5.95. The number of halogens is 1. The van der Waals surface area contributed by atoms with Crippen molar-refractivity contribution in [2.45, 2.75) is 19.5 Å². The number of nitrogens with one attached hydrogen (secondary N) is 2. The Labute approximate surface area is 193 Å². The molecule has 0 saturated carbocycles. The van der Waals surface area contributed by atoms with Crippen LogP contribution in [0.3, 0.4) is 0 Å². The van der Waals surface area contributed by atoms with Gasteiger partial charge in [-0.1, -0.05) is 42.5 Å². The second kappa shape index (κ2) is 10.6. The number of carbonyl (C=O) groups is 2. The van der Waals surface area contributed by atoms with Gasteiger partial charge in [-0.3, -0.25) is 9.80 Å². The van der Waals surface area contributed by atoms with Crippen LogP contribution in [0.5, 0.6) is 0 Å². The number of ether oxygens (including phenoxy) is 1. The average Bonchev–Trinajstić information content (AvgIpc) is 2.81. The summed E-state index contributed by atoms with van der Waals surface area (Å²) >= 11 is 0. The molecule has 33 heavy (non-hydrogen) atoms. The standard InChI is InChI=1S/C25H29FN4O3/c1-2-33-24(31)22-21(27-25(32)28-23(22)19-8-10-20(26)11-9-19)17-30-14-12-29(13-15-30)16-18-6-4-3-5-7-18/h3-11,23H,2,12-17H2,1H3,(H2,27,28,32).